The minimum absolute atomic E-state index is 0.0910. The number of halogens is 1. The Bertz CT molecular complexity index is 725. The van der Waals surface area contributed by atoms with Crippen LogP contribution in [-0.2, 0) is 11.3 Å². The minimum atomic E-state index is -0.0910. The van der Waals surface area contributed by atoms with Crippen LogP contribution in [0.4, 0.5) is 0 Å². The van der Waals surface area contributed by atoms with E-state index in [1.165, 1.54) is 5.56 Å². The summed E-state index contributed by atoms with van der Waals surface area (Å²) in [5.74, 6) is -0.0910. The number of amides is 1. The van der Waals surface area contributed by atoms with E-state index in [0.717, 1.165) is 38.3 Å². The largest absolute Gasteiger partial charge is 0.297 e. The third-order valence-corrected chi connectivity index (χ3v) is 4.61. The minimum Gasteiger partial charge on any atom is -0.297 e. The van der Waals surface area contributed by atoms with Gasteiger partial charge < -0.3 is 0 Å². The molecule has 5 nitrogen and oxygen atoms in total. The van der Waals surface area contributed by atoms with Gasteiger partial charge in [0.05, 0.1) is 12.8 Å². The summed E-state index contributed by atoms with van der Waals surface area (Å²) in [5, 5.41) is 4.68. The number of hydrogen-bond donors (Lipinski definition) is 1. The van der Waals surface area contributed by atoms with E-state index in [2.05, 4.69) is 44.6 Å². The summed E-state index contributed by atoms with van der Waals surface area (Å²) in [6, 6.07) is 17.8. The zero-order valence-electron chi connectivity index (χ0n) is 14.6. The van der Waals surface area contributed by atoms with E-state index in [0.29, 0.717) is 11.6 Å². The molecule has 0 aromatic heterocycles. The van der Waals surface area contributed by atoms with Gasteiger partial charge in [-0.15, -0.1) is 0 Å². The van der Waals surface area contributed by atoms with Gasteiger partial charge in [0.25, 0.3) is 5.91 Å². The Morgan fingerprint density at radius 1 is 1.00 bits per heavy atom. The molecule has 1 aliphatic heterocycles. The average Bonchev–Trinajstić information content (AvgIpc) is 2.66. The third-order valence-electron chi connectivity index (χ3n) is 4.35. The number of carbonyl (C=O) groups is 1. The number of rotatable bonds is 6. The molecule has 1 aliphatic rings. The molecule has 2 aromatic carbocycles. The molecule has 0 saturated carbocycles. The molecule has 1 N–H and O–H groups in total. The summed E-state index contributed by atoms with van der Waals surface area (Å²) in [7, 11) is 0. The standard InChI is InChI=1S/C20H23ClN4O/c21-19-8-6-17(7-9-19)14-22-23-20(26)16-25-12-10-24(11-13-25)15-18-4-2-1-3-5-18/h1-9,14H,10-13,15-16H2,(H,23,26)/b22-14-. The molecule has 0 spiro atoms. The summed E-state index contributed by atoms with van der Waals surface area (Å²) >= 11 is 5.84. The highest BCUT2D eigenvalue weighted by atomic mass is 35.5. The van der Waals surface area contributed by atoms with Crippen LogP contribution in [0.1, 0.15) is 11.1 Å². The van der Waals surface area contributed by atoms with Gasteiger partial charge in [-0.3, -0.25) is 14.6 Å². The Morgan fingerprint density at radius 2 is 1.65 bits per heavy atom. The predicted octanol–water partition coefficient (Wildman–Crippen LogP) is 2.61. The molecule has 2 aromatic rings. The van der Waals surface area contributed by atoms with Gasteiger partial charge in [-0.25, -0.2) is 5.43 Å². The van der Waals surface area contributed by atoms with E-state index in [4.69, 9.17) is 11.6 Å². The topological polar surface area (TPSA) is 47.9 Å². The molecule has 0 radical (unpaired) electrons. The molecule has 3 rings (SSSR count). The summed E-state index contributed by atoms with van der Waals surface area (Å²) in [5.41, 5.74) is 4.81. The number of hydrogen-bond acceptors (Lipinski definition) is 4. The highest BCUT2D eigenvalue weighted by Crippen LogP contribution is 2.09. The third kappa shape index (κ3) is 5.95. The van der Waals surface area contributed by atoms with Gasteiger partial charge in [-0.2, -0.15) is 5.10 Å². The number of piperazine rings is 1. The molecule has 1 saturated heterocycles. The van der Waals surface area contributed by atoms with Crippen LogP contribution in [-0.4, -0.2) is 54.6 Å². The Labute approximate surface area is 159 Å². The second kappa shape index (κ2) is 9.48. The quantitative estimate of drug-likeness (QED) is 0.628. The van der Waals surface area contributed by atoms with Crippen LogP contribution in [0.5, 0.6) is 0 Å². The van der Waals surface area contributed by atoms with Gasteiger partial charge in [-0.05, 0) is 23.3 Å². The van der Waals surface area contributed by atoms with E-state index in [1.54, 1.807) is 18.3 Å². The van der Waals surface area contributed by atoms with E-state index < -0.39 is 0 Å². The van der Waals surface area contributed by atoms with Crippen molar-refractivity contribution >= 4 is 23.7 Å². The van der Waals surface area contributed by atoms with Gasteiger partial charge in [0.1, 0.15) is 0 Å². The lowest BCUT2D eigenvalue weighted by molar-refractivity contribution is -0.122. The lowest BCUT2D eigenvalue weighted by Crippen LogP contribution is -2.48. The molecular weight excluding hydrogens is 348 g/mol. The Balaban J connectivity index is 1.37. The summed E-state index contributed by atoms with van der Waals surface area (Å²) < 4.78 is 0. The summed E-state index contributed by atoms with van der Waals surface area (Å²) in [6.07, 6.45) is 1.62. The van der Waals surface area contributed by atoms with Crippen molar-refractivity contribution in [3.8, 4) is 0 Å². The molecular formula is C20H23ClN4O. The van der Waals surface area contributed by atoms with E-state index in [1.807, 2.05) is 18.2 Å². The van der Waals surface area contributed by atoms with Crippen LogP contribution in [0.2, 0.25) is 5.02 Å². The van der Waals surface area contributed by atoms with Crippen molar-refractivity contribution < 1.29 is 4.79 Å². The lowest BCUT2D eigenvalue weighted by atomic mass is 10.2. The first-order chi connectivity index (χ1) is 12.7. The Morgan fingerprint density at radius 3 is 2.35 bits per heavy atom. The highest BCUT2D eigenvalue weighted by Gasteiger charge is 2.18. The second-order valence-corrected chi connectivity index (χ2v) is 6.82. The monoisotopic (exact) mass is 370 g/mol. The molecule has 1 amide bonds. The maximum atomic E-state index is 12.0. The normalized spacial score (nSPS) is 16.0. The molecule has 26 heavy (non-hydrogen) atoms. The van der Waals surface area contributed by atoms with Crippen molar-refractivity contribution in [3.05, 3.63) is 70.7 Å². The van der Waals surface area contributed by atoms with Crippen LogP contribution in [0, 0.1) is 0 Å². The molecule has 0 atom stereocenters. The Hall–Kier alpha value is -2.21. The summed E-state index contributed by atoms with van der Waals surface area (Å²) in [6.45, 7) is 5.05. The first kappa shape index (κ1) is 18.6. The maximum Gasteiger partial charge on any atom is 0.254 e. The van der Waals surface area contributed by atoms with Crippen molar-refractivity contribution in [2.75, 3.05) is 32.7 Å². The van der Waals surface area contributed by atoms with Gasteiger partial charge in [0.15, 0.2) is 0 Å². The van der Waals surface area contributed by atoms with Gasteiger partial charge in [0.2, 0.25) is 0 Å². The van der Waals surface area contributed by atoms with Crippen LogP contribution in [0.3, 0.4) is 0 Å². The van der Waals surface area contributed by atoms with Crippen LogP contribution >= 0.6 is 11.6 Å². The SMILES string of the molecule is O=C(CN1CCN(Cc2ccccc2)CC1)N/N=C\c1ccc(Cl)cc1. The molecule has 0 bridgehead atoms. The molecule has 6 heteroatoms. The maximum absolute atomic E-state index is 12.0. The zero-order valence-corrected chi connectivity index (χ0v) is 15.4. The van der Waals surface area contributed by atoms with Crippen molar-refractivity contribution in [3.63, 3.8) is 0 Å². The number of carbonyl (C=O) groups excluding carboxylic acids is 1. The first-order valence-electron chi connectivity index (χ1n) is 8.75. The second-order valence-electron chi connectivity index (χ2n) is 6.38. The number of benzene rings is 2. The van der Waals surface area contributed by atoms with E-state index in [9.17, 15) is 4.79 Å². The molecule has 0 aliphatic carbocycles. The van der Waals surface area contributed by atoms with E-state index in [-0.39, 0.29) is 5.91 Å². The van der Waals surface area contributed by atoms with Gasteiger partial charge >= 0.3 is 0 Å². The molecule has 0 unspecified atom stereocenters. The van der Waals surface area contributed by atoms with Crippen LogP contribution in [0.25, 0.3) is 0 Å². The smallest absolute Gasteiger partial charge is 0.254 e. The molecule has 1 heterocycles. The fraction of sp³-hybridized carbons (Fsp3) is 0.300. The van der Waals surface area contributed by atoms with Crippen molar-refractivity contribution in [1.29, 1.82) is 0 Å². The predicted molar refractivity (Wildman–Crippen MR) is 105 cm³/mol. The number of nitrogens with zero attached hydrogens (tertiary/aromatic N) is 3. The van der Waals surface area contributed by atoms with Crippen molar-refractivity contribution in [1.82, 2.24) is 15.2 Å². The van der Waals surface area contributed by atoms with Crippen LogP contribution in [0.15, 0.2) is 59.7 Å². The number of nitrogens with one attached hydrogen (secondary N) is 1. The number of hydrazone groups is 1. The lowest BCUT2D eigenvalue weighted by Gasteiger charge is -2.34. The fourth-order valence-electron chi connectivity index (χ4n) is 2.91. The van der Waals surface area contributed by atoms with Gasteiger partial charge in [-0.1, -0.05) is 54.1 Å². The molecule has 136 valence electrons. The average molecular weight is 371 g/mol. The Kier molecular flexibility index (Phi) is 6.77. The van der Waals surface area contributed by atoms with Crippen LogP contribution < -0.4 is 5.43 Å². The molecule has 1 fully saturated rings. The summed E-state index contributed by atoms with van der Waals surface area (Å²) in [4.78, 5) is 16.6. The van der Waals surface area contributed by atoms with E-state index >= 15 is 0 Å². The van der Waals surface area contributed by atoms with Gasteiger partial charge in [0, 0.05) is 37.7 Å². The fourth-order valence-corrected chi connectivity index (χ4v) is 3.04. The van der Waals surface area contributed by atoms with Crippen molar-refractivity contribution in [2.45, 2.75) is 6.54 Å². The zero-order chi connectivity index (χ0) is 18.2. The van der Waals surface area contributed by atoms with Crippen molar-refractivity contribution in [2.24, 2.45) is 5.10 Å². The highest BCUT2D eigenvalue weighted by molar-refractivity contribution is 6.30. The first-order valence-corrected chi connectivity index (χ1v) is 9.13.